The number of amides is 3. The lowest BCUT2D eigenvalue weighted by molar-refractivity contribution is -0.154. The number of nitrogens with zero attached hydrogens (tertiary/aromatic N) is 5. The summed E-state index contributed by atoms with van der Waals surface area (Å²) < 4.78 is 21.2. The quantitative estimate of drug-likeness (QED) is 0.621. The summed E-state index contributed by atoms with van der Waals surface area (Å²) in [6, 6.07) is 6.41. The topological polar surface area (TPSA) is 88.0 Å². The minimum Gasteiger partial charge on any atom is -0.378 e. The third-order valence-electron chi connectivity index (χ3n) is 6.55. The average molecular weight is 455 g/mol. The number of piperazine rings is 1. The lowest BCUT2D eigenvalue weighted by atomic mass is 10.1. The van der Waals surface area contributed by atoms with Crippen LogP contribution in [0.15, 0.2) is 24.3 Å². The molecule has 1 aliphatic carbocycles. The van der Waals surface area contributed by atoms with E-state index in [1.807, 2.05) is 0 Å². The van der Waals surface area contributed by atoms with Crippen molar-refractivity contribution >= 4 is 17.7 Å². The number of aromatic nitrogens is 2. The second-order valence-electron chi connectivity index (χ2n) is 8.48. The molecule has 0 unspecified atom stereocenters. The largest absolute Gasteiger partial charge is 0.378 e. The molecule has 1 aromatic heterocycles. The Morgan fingerprint density at radius 2 is 1.48 bits per heavy atom. The molecule has 0 N–H and O–H groups in total. The number of hydrogen-bond donors (Lipinski definition) is 0. The molecule has 2 aromatic rings. The lowest BCUT2D eigenvalue weighted by Crippen LogP contribution is -2.55. The maximum atomic E-state index is 14.4. The first-order valence-corrected chi connectivity index (χ1v) is 11.4. The molecule has 0 saturated carbocycles. The summed E-state index contributed by atoms with van der Waals surface area (Å²) in [7, 11) is 0. The zero-order valence-corrected chi connectivity index (χ0v) is 18.3. The first-order valence-electron chi connectivity index (χ1n) is 11.4. The molecule has 3 heterocycles. The first-order chi connectivity index (χ1) is 16.0. The van der Waals surface area contributed by atoms with E-state index in [0.717, 1.165) is 30.5 Å². The summed E-state index contributed by atoms with van der Waals surface area (Å²) in [5, 5.41) is 4.51. The third-order valence-corrected chi connectivity index (χ3v) is 6.55. The molecule has 0 radical (unpaired) electrons. The van der Waals surface area contributed by atoms with Gasteiger partial charge in [-0.05, 0) is 31.4 Å². The normalized spacial score (nSPS) is 18.4. The fourth-order valence-electron chi connectivity index (χ4n) is 4.73. The zero-order valence-electron chi connectivity index (χ0n) is 18.3. The summed E-state index contributed by atoms with van der Waals surface area (Å²) in [4.78, 5) is 43.1. The molecular formula is C23H26FN5O4. The van der Waals surface area contributed by atoms with Gasteiger partial charge in [-0.3, -0.25) is 14.4 Å². The molecule has 2 fully saturated rings. The van der Waals surface area contributed by atoms with Gasteiger partial charge in [0.05, 0.1) is 13.2 Å². The van der Waals surface area contributed by atoms with Crippen molar-refractivity contribution in [1.29, 1.82) is 0 Å². The van der Waals surface area contributed by atoms with Crippen molar-refractivity contribution in [2.75, 3.05) is 52.5 Å². The van der Waals surface area contributed by atoms with Crippen molar-refractivity contribution in [3.05, 3.63) is 47.0 Å². The van der Waals surface area contributed by atoms with Gasteiger partial charge < -0.3 is 19.4 Å². The van der Waals surface area contributed by atoms with E-state index in [2.05, 4.69) is 5.10 Å². The van der Waals surface area contributed by atoms with E-state index >= 15 is 0 Å². The van der Waals surface area contributed by atoms with E-state index < -0.39 is 11.8 Å². The molecule has 2 aliphatic heterocycles. The first kappa shape index (κ1) is 21.6. The Labute approximate surface area is 190 Å². The number of carbonyl (C=O) groups excluding carboxylic acids is 3. The Balaban J connectivity index is 1.28. The number of ether oxygens (including phenoxy) is 1. The number of hydrogen-bond acceptors (Lipinski definition) is 5. The highest BCUT2D eigenvalue weighted by Gasteiger charge is 2.34. The maximum absolute atomic E-state index is 14.4. The number of carbonyl (C=O) groups is 3. The van der Waals surface area contributed by atoms with E-state index in [-0.39, 0.29) is 24.8 Å². The molecule has 3 aliphatic rings. The van der Waals surface area contributed by atoms with Crippen molar-refractivity contribution in [2.45, 2.75) is 19.3 Å². The molecule has 9 nitrogen and oxygen atoms in total. The Morgan fingerprint density at radius 3 is 2.18 bits per heavy atom. The highest BCUT2D eigenvalue weighted by atomic mass is 19.1. The van der Waals surface area contributed by atoms with E-state index in [4.69, 9.17) is 4.74 Å². The number of morpholine rings is 1. The second kappa shape index (κ2) is 8.93. The van der Waals surface area contributed by atoms with Crippen LogP contribution < -0.4 is 0 Å². The van der Waals surface area contributed by atoms with Crippen LogP contribution in [0.1, 0.15) is 28.2 Å². The van der Waals surface area contributed by atoms with Crippen molar-refractivity contribution in [3.63, 3.8) is 0 Å². The molecular weight excluding hydrogens is 429 g/mol. The van der Waals surface area contributed by atoms with E-state index in [1.165, 1.54) is 15.9 Å². The summed E-state index contributed by atoms with van der Waals surface area (Å²) in [6.07, 6.45) is 2.38. The number of para-hydroxylation sites is 1. The van der Waals surface area contributed by atoms with Crippen molar-refractivity contribution in [3.8, 4) is 5.69 Å². The number of halogens is 1. The fraction of sp³-hybridized carbons (Fsp3) is 0.478. The van der Waals surface area contributed by atoms with Crippen molar-refractivity contribution in [1.82, 2.24) is 24.5 Å². The molecule has 3 amide bonds. The van der Waals surface area contributed by atoms with Crippen molar-refractivity contribution < 1.29 is 23.5 Å². The van der Waals surface area contributed by atoms with Crippen LogP contribution >= 0.6 is 0 Å². The molecule has 0 spiro atoms. The minimum absolute atomic E-state index is 0.213. The Bertz CT molecular complexity index is 1090. The van der Waals surface area contributed by atoms with E-state index in [9.17, 15) is 18.8 Å². The lowest BCUT2D eigenvalue weighted by Gasteiger charge is -2.35. The van der Waals surface area contributed by atoms with Gasteiger partial charge in [-0.1, -0.05) is 12.1 Å². The van der Waals surface area contributed by atoms with Gasteiger partial charge in [-0.25, -0.2) is 9.07 Å². The van der Waals surface area contributed by atoms with Crippen LogP contribution in [-0.2, 0) is 27.2 Å². The van der Waals surface area contributed by atoms with Gasteiger partial charge in [0.1, 0.15) is 11.5 Å². The highest BCUT2D eigenvalue weighted by molar-refractivity contribution is 6.35. The highest BCUT2D eigenvalue weighted by Crippen LogP contribution is 2.29. The van der Waals surface area contributed by atoms with E-state index in [1.54, 1.807) is 27.8 Å². The molecule has 5 rings (SSSR count). The SMILES string of the molecule is O=C(C(=O)N1CCN(C(=O)c2nn(-c3ccccc3F)c3c2CCC3)CC1)N1CCOCC1. The van der Waals surface area contributed by atoms with Crippen LogP contribution in [0.3, 0.4) is 0 Å². The summed E-state index contributed by atoms with van der Waals surface area (Å²) in [5.74, 6) is -1.64. The fourth-order valence-corrected chi connectivity index (χ4v) is 4.73. The zero-order chi connectivity index (χ0) is 22.9. The van der Waals surface area contributed by atoms with Crippen LogP contribution in [-0.4, -0.2) is 94.7 Å². The number of benzene rings is 1. The summed E-state index contributed by atoms with van der Waals surface area (Å²) >= 11 is 0. The van der Waals surface area contributed by atoms with Gasteiger partial charge in [-0.2, -0.15) is 5.10 Å². The van der Waals surface area contributed by atoms with Crippen molar-refractivity contribution in [2.24, 2.45) is 0 Å². The van der Waals surface area contributed by atoms with Gasteiger partial charge in [0.25, 0.3) is 5.91 Å². The molecule has 10 heteroatoms. The van der Waals surface area contributed by atoms with Gasteiger partial charge >= 0.3 is 11.8 Å². The third kappa shape index (κ3) is 3.99. The number of fused-ring (bicyclic) bond motifs is 1. The molecule has 33 heavy (non-hydrogen) atoms. The van der Waals surface area contributed by atoms with Gasteiger partial charge in [0.2, 0.25) is 0 Å². The van der Waals surface area contributed by atoms with Crippen LogP contribution in [0.25, 0.3) is 5.69 Å². The average Bonchev–Trinajstić information content (AvgIpc) is 3.47. The molecule has 2 saturated heterocycles. The standard InChI is InChI=1S/C23H26FN5O4/c24-17-5-1-2-6-19(17)29-18-7-3-4-16(18)20(25-29)21(30)26-8-10-27(11-9-26)22(31)23(32)28-12-14-33-15-13-28/h1-2,5-6H,3-4,7-15H2. The molecule has 174 valence electrons. The smallest absolute Gasteiger partial charge is 0.312 e. The second-order valence-corrected chi connectivity index (χ2v) is 8.48. The predicted octanol–water partition coefficient (Wildman–Crippen LogP) is 0.643. The van der Waals surface area contributed by atoms with Crippen LogP contribution in [0.4, 0.5) is 4.39 Å². The maximum Gasteiger partial charge on any atom is 0.312 e. The Hall–Kier alpha value is -3.27. The molecule has 0 atom stereocenters. The minimum atomic E-state index is -0.534. The van der Waals surface area contributed by atoms with Gasteiger partial charge in [0.15, 0.2) is 5.69 Å². The summed E-state index contributed by atoms with van der Waals surface area (Å²) in [6.45, 7) is 2.92. The van der Waals surface area contributed by atoms with Crippen LogP contribution in [0, 0.1) is 5.82 Å². The Kier molecular flexibility index (Phi) is 5.84. The summed E-state index contributed by atoms with van der Waals surface area (Å²) in [5.41, 5.74) is 2.46. The van der Waals surface area contributed by atoms with Crippen LogP contribution in [0.2, 0.25) is 0 Å². The number of rotatable bonds is 2. The predicted molar refractivity (Wildman–Crippen MR) is 115 cm³/mol. The van der Waals surface area contributed by atoms with Gasteiger partial charge in [-0.15, -0.1) is 0 Å². The monoisotopic (exact) mass is 455 g/mol. The molecule has 1 aromatic carbocycles. The Morgan fingerprint density at radius 1 is 0.848 bits per heavy atom. The molecule has 0 bridgehead atoms. The van der Waals surface area contributed by atoms with E-state index in [0.29, 0.717) is 50.8 Å². The van der Waals surface area contributed by atoms with Crippen LogP contribution in [0.5, 0.6) is 0 Å². The van der Waals surface area contributed by atoms with Gasteiger partial charge in [0, 0.05) is 50.5 Å².